The Bertz CT molecular complexity index is 773. The number of alkyl halides is 3. The summed E-state index contributed by atoms with van der Waals surface area (Å²) >= 11 is 0. The van der Waals surface area contributed by atoms with Gasteiger partial charge in [0, 0.05) is 18.6 Å². The van der Waals surface area contributed by atoms with Gasteiger partial charge in [0.15, 0.2) is 0 Å². The molecule has 24 heavy (non-hydrogen) atoms. The van der Waals surface area contributed by atoms with Crippen molar-refractivity contribution in [2.24, 2.45) is 0 Å². The molecule has 2 bridgehead atoms. The van der Waals surface area contributed by atoms with Gasteiger partial charge in [0.25, 0.3) is 5.91 Å². The lowest BCUT2D eigenvalue weighted by molar-refractivity contribution is -0.137. The standard InChI is InChI=1S/C15H11F3N4O2/c16-15(17,18)10-3-8(2-1-7(10)5-19)22-13(23)12-11-4-9(6-20-11)21(12)14(22)24/h1-3,9,11-12,20H,4,6H2. The minimum Gasteiger partial charge on any atom is -0.309 e. The van der Waals surface area contributed by atoms with Crippen molar-refractivity contribution in [1.29, 1.82) is 5.26 Å². The van der Waals surface area contributed by atoms with Crippen LogP contribution in [0.1, 0.15) is 17.5 Å². The Morgan fingerprint density at radius 1 is 1.29 bits per heavy atom. The fourth-order valence-electron chi connectivity index (χ4n) is 3.77. The van der Waals surface area contributed by atoms with Crippen LogP contribution in [0.2, 0.25) is 0 Å². The van der Waals surface area contributed by atoms with E-state index in [4.69, 9.17) is 5.26 Å². The summed E-state index contributed by atoms with van der Waals surface area (Å²) < 4.78 is 39.3. The number of nitrogens with one attached hydrogen (secondary N) is 1. The van der Waals surface area contributed by atoms with Crippen molar-refractivity contribution in [2.45, 2.75) is 30.7 Å². The molecule has 0 aromatic heterocycles. The highest BCUT2D eigenvalue weighted by Gasteiger charge is 2.59. The minimum atomic E-state index is -4.75. The van der Waals surface area contributed by atoms with Gasteiger partial charge in [-0.15, -0.1) is 0 Å². The maximum Gasteiger partial charge on any atom is 0.417 e. The van der Waals surface area contributed by atoms with E-state index in [1.165, 1.54) is 17.0 Å². The number of carbonyl (C=O) groups is 2. The number of piperazine rings is 1. The van der Waals surface area contributed by atoms with Crippen LogP contribution >= 0.6 is 0 Å². The molecule has 1 aromatic rings. The van der Waals surface area contributed by atoms with E-state index in [0.29, 0.717) is 19.0 Å². The van der Waals surface area contributed by atoms with E-state index >= 15 is 0 Å². The molecular weight excluding hydrogens is 325 g/mol. The van der Waals surface area contributed by atoms with Gasteiger partial charge in [0.05, 0.1) is 22.9 Å². The SMILES string of the molecule is N#Cc1ccc(N2C(=O)C3C4CC(CN4)N3C2=O)cc1C(F)(F)F. The van der Waals surface area contributed by atoms with Gasteiger partial charge in [0.2, 0.25) is 0 Å². The van der Waals surface area contributed by atoms with E-state index in [0.717, 1.165) is 11.0 Å². The second-order valence-electron chi connectivity index (χ2n) is 6.05. The van der Waals surface area contributed by atoms with Gasteiger partial charge >= 0.3 is 12.2 Å². The van der Waals surface area contributed by atoms with Crippen LogP contribution in [0.5, 0.6) is 0 Å². The predicted octanol–water partition coefficient (Wildman–Crippen LogP) is 1.46. The molecule has 1 aromatic carbocycles. The van der Waals surface area contributed by atoms with Crippen molar-refractivity contribution in [1.82, 2.24) is 10.2 Å². The number of benzene rings is 1. The zero-order chi connectivity index (χ0) is 17.2. The lowest BCUT2D eigenvalue weighted by Crippen LogP contribution is -2.51. The number of imide groups is 1. The average Bonchev–Trinajstić information content (AvgIpc) is 3.20. The largest absolute Gasteiger partial charge is 0.417 e. The predicted molar refractivity (Wildman–Crippen MR) is 74.9 cm³/mol. The number of carbonyl (C=O) groups excluding carboxylic acids is 2. The second-order valence-corrected chi connectivity index (χ2v) is 6.05. The van der Waals surface area contributed by atoms with Crippen LogP contribution in [-0.4, -0.2) is 41.5 Å². The molecule has 3 heterocycles. The van der Waals surface area contributed by atoms with Gasteiger partial charge in [-0.3, -0.25) is 4.79 Å². The van der Waals surface area contributed by atoms with E-state index < -0.39 is 35.3 Å². The van der Waals surface area contributed by atoms with Gasteiger partial charge in [-0.1, -0.05) is 0 Å². The molecule has 3 unspecified atom stereocenters. The lowest BCUT2D eigenvalue weighted by atomic mass is 10.1. The van der Waals surface area contributed by atoms with Crippen molar-refractivity contribution >= 4 is 17.6 Å². The Morgan fingerprint density at radius 2 is 2.04 bits per heavy atom. The highest BCUT2D eigenvalue weighted by molar-refractivity contribution is 6.22. The van der Waals surface area contributed by atoms with Crippen molar-refractivity contribution in [3.63, 3.8) is 0 Å². The fraction of sp³-hybridized carbons (Fsp3) is 0.400. The molecule has 3 aliphatic heterocycles. The maximum absolute atomic E-state index is 13.1. The molecule has 0 aliphatic carbocycles. The van der Waals surface area contributed by atoms with E-state index in [2.05, 4.69) is 5.32 Å². The third-order valence-electron chi connectivity index (χ3n) is 4.79. The minimum absolute atomic E-state index is 0.109. The number of nitrogens with zero attached hydrogens (tertiary/aromatic N) is 3. The molecule has 9 heteroatoms. The normalized spacial score (nSPS) is 28.5. The number of anilines is 1. The molecule has 3 aliphatic rings. The number of hydrogen-bond donors (Lipinski definition) is 1. The summed E-state index contributed by atoms with van der Waals surface area (Å²) in [7, 11) is 0. The summed E-state index contributed by atoms with van der Waals surface area (Å²) in [5, 5.41) is 12.0. The van der Waals surface area contributed by atoms with E-state index in [-0.39, 0.29) is 17.8 Å². The number of fused-ring (bicyclic) bond motifs is 5. The third-order valence-corrected chi connectivity index (χ3v) is 4.79. The average molecular weight is 336 g/mol. The van der Waals surface area contributed by atoms with Crippen LogP contribution in [0.25, 0.3) is 0 Å². The van der Waals surface area contributed by atoms with E-state index in [9.17, 15) is 22.8 Å². The molecule has 3 saturated heterocycles. The van der Waals surface area contributed by atoms with Crippen LogP contribution in [0, 0.1) is 11.3 Å². The third kappa shape index (κ3) is 1.86. The summed E-state index contributed by atoms with van der Waals surface area (Å²) in [6.45, 7) is 0.579. The van der Waals surface area contributed by atoms with Crippen molar-refractivity contribution in [3.8, 4) is 6.07 Å². The lowest BCUT2D eigenvalue weighted by Gasteiger charge is -2.26. The summed E-state index contributed by atoms with van der Waals surface area (Å²) in [4.78, 5) is 27.4. The first-order valence-corrected chi connectivity index (χ1v) is 7.34. The molecule has 6 nitrogen and oxygen atoms in total. The molecule has 124 valence electrons. The molecule has 0 spiro atoms. The number of hydrogen-bond acceptors (Lipinski definition) is 4. The van der Waals surface area contributed by atoms with Gasteiger partial charge in [-0.05, 0) is 24.6 Å². The zero-order valence-corrected chi connectivity index (χ0v) is 12.2. The summed E-state index contributed by atoms with van der Waals surface area (Å²) in [6, 6.07) is 2.81. The molecular formula is C15H11F3N4O2. The van der Waals surface area contributed by atoms with E-state index in [1.807, 2.05) is 0 Å². The number of urea groups is 1. The number of halogens is 3. The van der Waals surface area contributed by atoms with Gasteiger partial charge in [0.1, 0.15) is 6.04 Å². The Hall–Kier alpha value is -2.60. The topological polar surface area (TPSA) is 76.4 Å². The van der Waals surface area contributed by atoms with Gasteiger partial charge in [-0.2, -0.15) is 18.4 Å². The Kier molecular flexibility index (Phi) is 2.93. The van der Waals surface area contributed by atoms with Crippen molar-refractivity contribution in [3.05, 3.63) is 29.3 Å². The molecule has 3 atom stereocenters. The Morgan fingerprint density at radius 3 is 2.67 bits per heavy atom. The molecule has 0 radical (unpaired) electrons. The quantitative estimate of drug-likeness (QED) is 0.788. The Labute approximate surface area is 134 Å². The fourth-order valence-corrected chi connectivity index (χ4v) is 3.77. The van der Waals surface area contributed by atoms with Crippen LogP contribution in [-0.2, 0) is 11.0 Å². The molecule has 1 N–H and O–H groups in total. The number of amides is 3. The number of nitriles is 1. The van der Waals surface area contributed by atoms with Crippen molar-refractivity contribution < 1.29 is 22.8 Å². The first-order chi connectivity index (χ1) is 11.3. The maximum atomic E-state index is 13.1. The Balaban J connectivity index is 1.76. The van der Waals surface area contributed by atoms with Crippen LogP contribution in [0.3, 0.4) is 0 Å². The zero-order valence-electron chi connectivity index (χ0n) is 12.2. The molecule has 3 amide bonds. The summed E-state index contributed by atoms with van der Waals surface area (Å²) in [5.74, 6) is -0.530. The van der Waals surface area contributed by atoms with E-state index in [1.54, 1.807) is 0 Å². The van der Waals surface area contributed by atoms with Crippen LogP contribution in [0.4, 0.5) is 23.7 Å². The van der Waals surface area contributed by atoms with Crippen LogP contribution in [0.15, 0.2) is 18.2 Å². The summed E-state index contributed by atoms with van der Waals surface area (Å²) in [5.41, 5.74) is -1.87. The summed E-state index contributed by atoms with van der Waals surface area (Å²) in [6.07, 6.45) is -4.07. The van der Waals surface area contributed by atoms with Gasteiger partial charge in [-0.25, -0.2) is 9.69 Å². The van der Waals surface area contributed by atoms with Gasteiger partial charge < -0.3 is 10.2 Å². The molecule has 4 rings (SSSR count). The molecule has 0 saturated carbocycles. The monoisotopic (exact) mass is 336 g/mol. The first-order valence-electron chi connectivity index (χ1n) is 7.34. The number of rotatable bonds is 1. The highest BCUT2D eigenvalue weighted by atomic mass is 19.4. The molecule has 3 fully saturated rings. The smallest absolute Gasteiger partial charge is 0.309 e. The first kappa shape index (κ1) is 15.0. The highest BCUT2D eigenvalue weighted by Crippen LogP contribution is 2.40. The second kappa shape index (κ2) is 4.70. The van der Waals surface area contributed by atoms with Crippen molar-refractivity contribution in [2.75, 3.05) is 11.4 Å². The van der Waals surface area contributed by atoms with Crippen LogP contribution < -0.4 is 10.2 Å².